The van der Waals surface area contributed by atoms with Crippen LogP contribution in [0.2, 0.25) is 0 Å². The molecule has 22 heteroatoms. The van der Waals surface area contributed by atoms with E-state index in [-0.39, 0.29) is 50.4 Å². The molecule has 0 aliphatic heterocycles. The van der Waals surface area contributed by atoms with Gasteiger partial charge in [0.1, 0.15) is 24.6 Å². The molecule has 0 radical (unpaired) electrons. The maximum atomic E-state index is 15.4. The molecule has 0 fully saturated rings. The summed E-state index contributed by atoms with van der Waals surface area (Å²) in [4.78, 5) is 62.8. The molecule has 1 atom stereocenters. The van der Waals surface area contributed by atoms with Crippen molar-refractivity contribution in [3.05, 3.63) is 233 Å². The average Bonchev–Trinajstić information content (AvgIpc) is 1.69. The van der Waals surface area contributed by atoms with E-state index in [0.717, 1.165) is 43.3 Å². The summed E-state index contributed by atoms with van der Waals surface area (Å²) < 4.78 is 529. The fourth-order valence-electron chi connectivity index (χ4n) is 8.24. The molecule has 8 aromatic rings. The molecule has 10 rings (SSSR count). The van der Waals surface area contributed by atoms with Crippen LogP contribution in [0.4, 0.5) is 35.1 Å². The second-order valence-corrected chi connectivity index (χ2v) is 20.7. The topological polar surface area (TPSA) is 117 Å². The first-order valence-corrected chi connectivity index (χ1v) is 29.0. The summed E-state index contributed by atoms with van der Waals surface area (Å²) in [6.45, 7) is -45.0. The first kappa shape index (κ1) is 32.2. The van der Waals surface area contributed by atoms with Crippen molar-refractivity contribution in [1.29, 1.82) is 0 Å². The summed E-state index contributed by atoms with van der Waals surface area (Å²) in [7, 11) is 0. The van der Waals surface area contributed by atoms with Gasteiger partial charge in [-0.05, 0) is 169 Å². The Hall–Kier alpha value is -7.92. The van der Waals surface area contributed by atoms with Crippen molar-refractivity contribution in [2.24, 2.45) is 5.89 Å². The third-order valence-corrected chi connectivity index (χ3v) is 14.3. The van der Waals surface area contributed by atoms with Crippen LogP contribution in [0, 0.1) is 24.5 Å². The number of carbonyl (C=O) groups excluding carboxylic acids is 2. The Labute approximate surface area is 631 Å². The molecule has 2 heterocycles. The van der Waals surface area contributed by atoms with Crippen molar-refractivity contribution in [3.63, 3.8) is 0 Å². The summed E-state index contributed by atoms with van der Waals surface area (Å²) >= 11 is -0.958. The zero-order valence-corrected chi connectivity index (χ0v) is 51.9. The molecule has 12 nitrogen and oxygen atoms in total. The number of benzene rings is 6. The number of thioether (sulfide) groups is 2. The van der Waals surface area contributed by atoms with Crippen LogP contribution in [-0.4, -0.2) is 102 Å². The molecule has 0 N–H and O–H groups in total. The van der Waals surface area contributed by atoms with Crippen molar-refractivity contribution in [1.82, 2.24) is 38.7 Å². The molecule has 1 unspecified atom stereocenters. The van der Waals surface area contributed by atoms with Crippen molar-refractivity contribution < 1.29 is 111 Å². The maximum absolute atomic E-state index is 15.4. The maximum Gasteiger partial charge on any atom is 0.416 e. The Morgan fingerprint density at radius 3 is 1.54 bits per heavy atom. The fraction of sp³-hybridized carbons (Fsp3) is 0.378. The summed E-state index contributed by atoms with van der Waals surface area (Å²) in [5.41, 5.74) is -25.3. The van der Waals surface area contributed by atoms with E-state index in [1.165, 1.54) is 0 Å². The molecular formula is C74H80F8N8O4S2. The lowest BCUT2D eigenvalue weighted by Crippen LogP contribution is -2.40. The summed E-state index contributed by atoms with van der Waals surface area (Å²) in [6.07, 6.45) is -18.1. The minimum Gasteiger partial charge on any atom is -0.336 e. The monoisotopic (exact) mass is 1410 g/mol. The molecular weight excluding hydrogens is 1280 g/mol. The lowest BCUT2D eigenvalue weighted by atomic mass is 9.98. The number of amides is 2. The van der Waals surface area contributed by atoms with Crippen molar-refractivity contribution in [3.8, 4) is 22.3 Å². The van der Waals surface area contributed by atoms with Crippen LogP contribution in [0.3, 0.4) is 0 Å². The first-order chi connectivity index (χ1) is 64.3. The Bertz CT molecular complexity index is 6500. The number of fused-ring (bicyclic) bond motifs is 2. The number of aromatic nitrogens is 4. The van der Waals surface area contributed by atoms with Crippen LogP contribution in [0.15, 0.2) is 159 Å². The molecule has 2 aliphatic carbocycles. The van der Waals surface area contributed by atoms with Gasteiger partial charge in [-0.2, -0.15) is 36.3 Å². The third kappa shape index (κ3) is 19.0. The van der Waals surface area contributed by atoms with Crippen molar-refractivity contribution >= 4 is 35.3 Å². The molecule has 6 aromatic carbocycles. The van der Waals surface area contributed by atoms with Gasteiger partial charge in [-0.25, -0.2) is 8.78 Å². The highest BCUT2D eigenvalue weighted by Crippen LogP contribution is 2.35. The number of carbonyl (C=O) groups is 2. The number of likely N-dealkylation sites (N-methyl/N-ethyl adjacent to an activating group) is 2. The van der Waals surface area contributed by atoms with Gasteiger partial charge in [0, 0.05) is 102 Å². The van der Waals surface area contributed by atoms with Gasteiger partial charge in [-0.15, -0.1) is 0 Å². The predicted octanol–water partition coefficient (Wildman–Crippen LogP) is 15.0. The van der Waals surface area contributed by atoms with Gasteiger partial charge >= 0.3 is 12.4 Å². The van der Waals surface area contributed by atoms with Gasteiger partial charge in [0.15, 0.2) is 10.3 Å². The summed E-state index contributed by atoms with van der Waals surface area (Å²) in [5, 5.41) is -2.81. The molecule has 96 heavy (non-hydrogen) atoms. The van der Waals surface area contributed by atoms with Crippen molar-refractivity contribution in [2.45, 2.75) is 134 Å². The molecule has 0 spiro atoms. The van der Waals surface area contributed by atoms with Crippen LogP contribution >= 0.6 is 23.5 Å². The standard InChI is InChI=1S/2C37H40F4N4O2S/c1-4-43(5-2)18-19-44(22-26-6-10-28(11-7-26)29-12-14-30(15-13-29)37(39,40)41)34(46)23-45-33-21-25(3)20-32(33)35(47)42-36(45)48-24-27-8-16-31(38)17-9-27;1-4-43(5-2)19-20-44(22-29-12-11-28(21-25(29)3)27-13-15-30(16-14-27)37(39,40)41)34(46)23-45-33-8-6-7-32(33)35(47)42-36(45)48-24-26-9-17-31(38)18-10-26/h6-17,25H,4-5,18-24H2,1-3H3;9-18,21H,4-8,19-20,22-24H2,1-3H3/i4D2,5D2,8D,9D,16D,17D,18D2,19D2,20D2,21D2,22D2,23D2,24D2,25D;4D2,5D2,9D,10D,11D,12D,13D,14D,15D,16D,17D,18D,19D2,20D2,21D,22D2,23D2,24D2. The van der Waals surface area contributed by atoms with Crippen LogP contribution < -0.4 is 11.1 Å². The number of nitrogens with zero attached hydrogens (tertiary/aromatic N) is 8. The Balaban J connectivity index is 0.000000321. The van der Waals surface area contributed by atoms with E-state index in [1.807, 2.05) is 0 Å². The van der Waals surface area contributed by atoms with Crippen molar-refractivity contribution in [2.75, 3.05) is 52.0 Å². The minimum atomic E-state index is -5.48. The average molecular weight is 1410 g/mol. The quantitative estimate of drug-likeness (QED) is 0.0295. The molecule has 2 amide bonds. The Kier molecular flexibility index (Phi) is 11.0. The van der Waals surface area contributed by atoms with Gasteiger partial charge in [0.2, 0.25) is 11.8 Å². The molecule has 0 bridgehead atoms. The Morgan fingerprint density at radius 1 is 0.573 bits per heavy atom. The SMILES string of the molecule is [2H]c1c([2H])c(C([2H])([2H])Sc2nc(=O)c3c(n2C([2H])([2H])C(=O)N(C([2H])([2H])c2c([2H])c([2H])c(-c4c([2H])c([2H])c(C(F)(F)F)c([2H])c4[2H])c([2H])c2C)C([2H])([2H])C([2H])([2H])N(C([2H])([2H])C)C([2H])([2H])C)CCC3)c([2H])c([2H])c1F.[2H]c1c([2H])c(C([2H])([2H])Sc2nc(=O)c3c(n2C([2H])([2H])C(=O)N(C([2H])([2H])c2ccc(-c4ccc(C(F)(F)F)cc4)cc2)C([2H])([2H])C([2H])([2H])N(C([2H])([2H])C)C([2H])([2H])C)C([2H])([2H])C([2H])(C)C3([2H])[2H])c([2H])c([2H])c1F. The lowest BCUT2D eigenvalue weighted by Gasteiger charge is -2.28. The highest BCUT2D eigenvalue weighted by molar-refractivity contribution is 7.98. The van der Waals surface area contributed by atoms with Gasteiger partial charge in [-0.1, -0.05) is 149 Å². The lowest BCUT2D eigenvalue weighted by molar-refractivity contribution is -0.138. The molecule has 2 aliphatic rings. The first-order valence-electron chi connectivity index (χ1n) is 51.4. The third-order valence-electron chi connectivity index (χ3n) is 12.8. The van der Waals surface area contributed by atoms with E-state index >= 15 is 9.59 Å². The van der Waals surface area contributed by atoms with Gasteiger partial charge in [-0.3, -0.25) is 19.2 Å². The molecule has 0 saturated carbocycles. The van der Waals surface area contributed by atoms with Crippen LogP contribution in [0.25, 0.3) is 22.3 Å². The smallest absolute Gasteiger partial charge is 0.336 e. The largest absolute Gasteiger partial charge is 0.416 e. The predicted molar refractivity (Wildman–Crippen MR) is 362 cm³/mol. The second kappa shape index (κ2) is 32.9. The summed E-state index contributed by atoms with van der Waals surface area (Å²) in [6, 6.07) is -14.7. The highest BCUT2D eigenvalue weighted by Gasteiger charge is 2.33. The van der Waals surface area contributed by atoms with Gasteiger partial charge in [0.25, 0.3) is 11.1 Å². The van der Waals surface area contributed by atoms with E-state index in [2.05, 4.69) is 9.97 Å². The minimum absolute atomic E-state index is 0.0254. The van der Waals surface area contributed by atoms with Gasteiger partial charge in [0.05, 0.1) is 48.1 Å². The number of alkyl halides is 6. The second-order valence-electron chi connectivity index (χ2n) is 19.1. The van der Waals surface area contributed by atoms with Crippen LogP contribution in [-0.2, 0) is 84.9 Å². The number of hydrogen-bond donors (Lipinski definition) is 0. The zero-order chi connectivity index (χ0) is 112. The highest BCUT2D eigenvalue weighted by atomic mass is 32.2. The molecule has 508 valence electrons. The van der Waals surface area contributed by atoms with E-state index in [9.17, 15) is 61.2 Å². The van der Waals surface area contributed by atoms with Gasteiger partial charge < -0.3 is 28.7 Å². The normalized spacial score (nSPS) is 24.8. The van der Waals surface area contributed by atoms with Crippen LogP contribution in [0.1, 0.15) is 168 Å². The van der Waals surface area contributed by atoms with E-state index < -0.39 is 361 Å². The van der Waals surface area contributed by atoms with E-state index in [4.69, 9.17) is 49.3 Å². The zero-order valence-electron chi connectivity index (χ0n) is 98.3. The fourth-order valence-corrected chi connectivity index (χ4v) is 9.57. The van der Waals surface area contributed by atoms with E-state index in [1.54, 1.807) is 0 Å². The number of rotatable bonds is 26. The molecule has 2 aromatic heterocycles. The number of hydrogen-bond acceptors (Lipinski definition) is 10. The van der Waals surface area contributed by atoms with Crippen LogP contribution in [0.5, 0.6) is 0 Å². The van der Waals surface area contributed by atoms with E-state index in [0.29, 0.717) is 46.8 Å². The Morgan fingerprint density at radius 2 is 1.04 bits per heavy atom. The number of halogens is 8. The summed E-state index contributed by atoms with van der Waals surface area (Å²) in [5.74, 6) is -12.0. The molecule has 0 saturated heterocycles.